The van der Waals surface area contributed by atoms with Crippen LogP contribution in [0.2, 0.25) is 0 Å². The van der Waals surface area contributed by atoms with Crippen LogP contribution in [-0.2, 0) is 11.2 Å². The zero-order valence-corrected chi connectivity index (χ0v) is 19.3. The van der Waals surface area contributed by atoms with Crippen molar-refractivity contribution in [3.8, 4) is 0 Å². The third-order valence-electron chi connectivity index (χ3n) is 6.83. The Bertz CT molecular complexity index is 1210. The van der Waals surface area contributed by atoms with E-state index in [0.29, 0.717) is 12.1 Å². The molecule has 6 heteroatoms. The number of nitrogens with zero attached hydrogens (tertiary/aromatic N) is 4. The quantitative estimate of drug-likeness (QED) is 0.618. The number of hydrogen-bond acceptors (Lipinski definition) is 4. The number of carbonyl (C=O) groups is 2. The van der Waals surface area contributed by atoms with Crippen LogP contribution in [0.15, 0.2) is 54.6 Å². The minimum atomic E-state index is -0.0105. The number of amides is 2. The summed E-state index contributed by atoms with van der Waals surface area (Å²) in [7, 11) is 3.55. The van der Waals surface area contributed by atoms with Gasteiger partial charge in [0.2, 0.25) is 5.91 Å². The average Bonchev–Trinajstić information content (AvgIpc) is 3.30. The molecule has 0 aliphatic carbocycles. The van der Waals surface area contributed by atoms with Gasteiger partial charge in [0.25, 0.3) is 5.91 Å². The van der Waals surface area contributed by atoms with E-state index in [1.54, 1.807) is 19.0 Å². The number of pyridine rings is 1. The molecule has 1 atom stereocenters. The molecule has 1 fully saturated rings. The molecule has 33 heavy (non-hydrogen) atoms. The number of para-hydroxylation sites is 2. The highest BCUT2D eigenvalue weighted by atomic mass is 16.2. The van der Waals surface area contributed by atoms with E-state index in [9.17, 15) is 9.59 Å². The molecular formula is C27H30N4O2. The predicted molar refractivity (Wildman–Crippen MR) is 131 cm³/mol. The first kappa shape index (κ1) is 21.6. The second kappa shape index (κ2) is 8.94. The summed E-state index contributed by atoms with van der Waals surface area (Å²) in [4.78, 5) is 36.7. The maximum atomic E-state index is 13.2. The van der Waals surface area contributed by atoms with Gasteiger partial charge in [-0.1, -0.05) is 36.4 Å². The lowest BCUT2D eigenvalue weighted by Crippen LogP contribution is -2.42. The van der Waals surface area contributed by atoms with E-state index in [4.69, 9.17) is 4.98 Å². The molecule has 2 aliphatic heterocycles. The minimum Gasteiger partial charge on any atom is -0.345 e. The molecule has 3 heterocycles. The van der Waals surface area contributed by atoms with Crippen LogP contribution >= 0.6 is 0 Å². The van der Waals surface area contributed by atoms with Crippen LogP contribution in [0.25, 0.3) is 10.9 Å². The molecule has 0 unspecified atom stereocenters. The lowest BCUT2D eigenvalue weighted by molar-refractivity contribution is -0.119. The highest BCUT2D eigenvalue weighted by Gasteiger charge is 2.30. The van der Waals surface area contributed by atoms with Crippen molar-refractivity contribution in [2.75, 3.05) is 45.2 Å². The third-order valence-corrected chi connectivity index (χ3v) is 6.83. The molecule has 2 aliphatic rings. The van der Waals surface area contributed by atoms with E-state index >= 15 is 0 Å². The van der Waals surface area contributed by atoms with E-state index < -0.39 is 0 Å². The van der Waals surface area contributed by atoms with Gasteiger partial charge in [-0.2, -0.15) is 0 Å². The van der Waals surface area contributed by atoms with Crippen LogP contribution in [0.5, 0.6) is 0 Å². The molecule has 0 bridgehead atoms. The maximum absolute atomic E-state index is 13.2. The van der Waals surface area contributed by atoms with Crippen molar-refractivity contribution in [2.45, 2.75) is 25.2 Å². The number of hydrogen-bond donors (Lipinski definition) is 0. The smallest absolute Gasteiger partial charge is 0.254 e. The Balaban J connectivity index is 1.34. The molecule has 3 aromatic rings. The molecule has 0 N–H and O–H groups in total. The Morgan fingerprint density at radius 2 is 1.85 bits per heavy atom. The number of fused-ring (bicyclic) bond motifs is 2. The molecule has 2 aromatic carbocycles. The summed E-state index contributed by atoms with van der Waals surface area (Å²) in [6.07, 6.45) is 2.98. The third kappa shape index (κ3) is 4.23. The lowest BCUT2D eigenvalue weighted by Gasteiger charge is -2.31. The molecule has 0 saturated carbocycles. The highest BCUT2D eigenvalue weighted by Crippen LogP contribution is 2.31. The van der Waals surface area contributed by atoms with Crippen LogP contribution in [0.1, 0.15) is 40.4 Å². The summed E-state index contributed by atoms with van der Waals surface area (Å²) in [5.41, 5.74) is 4.80. The lowest BCUT2D eigenvalue weighted by atomic mass is 9.99. The van der Waals surface area contributed by atoms with Gasteiger partial charge in [-0.05, 0) is 49.6 Å². The Hall–Kier alpha value is -3.25. The van der Waals surface area contributed by atoms with Gasteiger partial charge >= 0.3 is 0 Å². The molecule has 0 spiro atoms. The van der Waals surface area contributed by atoms with Gasteiger partial charge in [-0.3, -0.25) is 19.5 Å². The van der Waals surface area contributed by atoms with Crippen LogP contribution in [0.3, 0.4) is 0 Å². The summed E-state index contributed by atoms with van der Waals surface area (Å²) in [5.74, 6) is 0.367. The SMILES string of the molecule is CN(C)C(=O)c1cc([C@@H]2CCN(CC(=O)N3CCCc4ccccc43)C2)nc2ccccc12. The van der Waals surface area contributed by atoms with E-state index in [1.807, 2.05) is 47.4 Å². The predicted octanol–water partition coefficient (Wildman–Crippen LogP) is 3.71. The molecular weight excluding hydrogens is 412 g/mol. The van der Waals surface area contributed by atoms with Gasteiger partial charge in [0.15, 0.2) is 0 Å². The van der Waals surface area contributed by atoms with Crippen molar-refractivity contribution >= 4 is 28.4 Å². The van der Waals surface area contributed by atoms with Crippen LogP contribution in [-0.4, -0.2) is 66.9 Å². The minimum absolute atomic E-state index is 0.0105. The number of carbonyl (C=O) groups excluding carboxylic acids is 2. The van der Waals surface area contributed by atoms with Gasteiger partial charge in [-0.15, -0.1) is 0 Å². The van der Waals surface area contributed by atoms with Crippen LogP contribution in [0.4, 0.5) is 5.69 Å². The van der Waals surface area contributed by atoms with E-state index in [0.717, 1.165) is 61.2 Å². The van der Waals surface area contributed by atoms with Crippen molar-refractivity contribution in [1.82, 2.24) is 14.8 Å². The standard InChI is InChI=1S/C27H30N4O2/c1-29(2)27(33)22-16-24(28-23-11-5-4-10-21(22)23)20-13-15-30(17-20)18-26(32)31-14-7-9-19-8-3-6-12-25(19)31/h3-6,8,10-12,16,20H,7,9,13-15,17-18H2,1-2H3/t20-/m1/s1. The fourth-order valence-electron chi connectivity index (χ4n) is 5.11. The van der Waals surface area contributed by atoms with Crippen molar-refractivity contribution in [3.05, 3.63) is 71.4 Å². The van der Waals surface area contributed by atoms with Gasteiger partial charge in [0.05, 0.1) is 17.6 Å². The second-order valence-corrected chi connectivity index (χ2v) is 9.31. The first-order valence-corrected chi connectivity index (χ1v) is 11.7. The normalized spacial score (nSPS) is 18.4. The molecule has 5 rings (SSSR count). The van der Waals surface area contributed by atoms with Crippen molar-refractivity contribution in [3.63, 3.8) is 0 Å². The molecule has 1 aromatic heterocycles. The van der Waals surface area contributed by atoms with E-state index in [1.165, 1.54) is 5.56 Å². The van der Waals surface area contributed by atoms with Gasteiger partial charge < -0.3 is 9.80 Å². The zero-order valence-electron chi connectivity index (χ0n) is 19.3. The molecule has 2 amide bonds. The van der Waals surface area contributed by atoms with Crippen LogP contribution in [0, 0.1) is 0 Å². The van der Waals surface area contributed by atoms with Crippen molar-refractivity contribution in [2.24, 2.45) is 0 Å². The number of rotatable bonds is 4. The Kier molecular flexibility index (Phi) is 5.85. The van der Waals surface area contributed by atoms with E-state index in [2.05, 4.69) is 17.0 Å². The summed E-state index contributed by atoms with van der Waals surface area (Å²) >= 11 is 0. The van der Waals surface area contributed by atoms with Gasteiger partial charge in [0, 0.05) is 49.9 Å². The van der Waals surface area contributed by atoms with Crippen LogP contribution < -0.4 is 4.90 Å². The van der Waals surface area contributed by atoms with Crippen molar-refractivity contribution < 1.29 is 9.59 Å². The number of aryl methyl sites for hydroxylation is 1. The van der Waals surface area contributed by atoms with Gasteiger partial charge in [0.1, 0.15) is 0 Å². The zero-order chi connectivity index (χ0) is 22.9. The summed E-state index contributed by atoms with van der Waals surface area (Å²) in [6, 6.07) is 18.0. The number of benzene rings is 2. The highest BCUT2D eigenvalue weighted by molar-refractivity contribution is 6.06. The molecule has 170 valence electrons. The monoisotopic (exact) mass is 442 g/mol. The summed E-state index contributed by atoms with van der Waals surface area (Å²) < 4.78 is 0. The number of anilines is 1. The fourth-order valence-corrected chi connectivity index (χ4v) is 5.11. The topological polar surface area (TPSA) is 56.8 Å². The van der Waals surface area contributed by atoms with Gasteiger partial charge in [-0.25, -0.2) is 0 Å². The Morgan fingerprint density at radius 3 is 2.70 bits per heavy atom. The Labute approximate surface area is 194 Å². The Morgan fingerprint density at radius 1 is 1.06 bits per heavy atom. The molecule has 1 saturated heterocycles. The maximum Gasteiger partial charge on any atom is 0.254 e. The molecule has 6 nitrogen and oxygen atoms in total. The fraction of sp³-hybridized carbons (Fsp3) is 0.370. The van der Waals surface area contributed by atoms with E-state index in [-0.39, 0.29) is 17.7 Å². The summed E-state index contributed by atoms with van der Waals surface area (Å²) in [5, 5.41) is 0.883. The number of aromatic nitrogens is 1. The second-order valence-electron chi connectivity index (χ2n) is 9.31. The van der Waals surface area contributed by atoms with Crippen molar-refractivity contribution in [1.29, 1.82) is 0 Å². The molecule has 0 radical (unpaired) electrons. The number of likely N-dealkylation sites (tertiary alicyclic amines) is 1. The first-order valence-electron chi connectivity index (χ1n) is 11.7. The first-order chi connectivity index (χ1) is 16.0. The summed E-state index contributed by atoms with van der Waals surface area (Å²) in [6.45, 7) is 2.84. The largest absolute Gasteiger partial charge is 0.345 e. The average molecular weight is 443 g/mol.